The van der Waals surface area contributed by atoms with Gasteiger partial charge in [-0.25, -0.2) is 0 Å². The number of carbonyl (C=O) groups excluding carboxylic acids is 3. The van der Waals surface area contributed by atoms with Crippen LogP contribution in [-0.4, -0.2) is 81.3 Å². The van der Waals surface area contributed by atoms with Crippen molar-refractivity contribution in [3.8, 4) is 0 Å². The van der Waals surface area contributed by atoms with Gasteiger partial charge in [-0.1, -0.05) is 76.8 Å². The second kappa shape index (κ2) is 11.8. The molecule has 2 bridgehead atoms. The lowest BCUT2D eigenvalue weighted by Gasteiger charge is -2.46. The van der Waals surface area contributed by atoms with E-state index in [1.807, 2.05) is 58.0 Å². The van der Waals surface area contributed by atoms with E-state index in [4.69, 9.17) is 9.47 Å². The van der Waals surface area contributed by atoms with Crippen LogP contribution in [0.5, 0.6) is 0 Å². The largest absolute Gasteiger partial charge is 0.461 e. The number of amides is 2. The van der Waals surface area contributed by atoms with Crippen molar-refractivity contribution in [1.82, 2.24) is 9.80 Å². The van der Waals surface area contributed by atoms with Gasteiger partial charge in [0, 0.05) is 12.1 Å². The fourth-order valence-electron chi connectivity index (χ4n) is 8.38. The first-order chi connectivity index (χ1) is 20.1. The van der Waals surface area contributed by atoms with Crippen LogP contribution in [0.2, 0.25) is 0 Å². The van der Waals surface area contributed by atoms with Gasteiger partial charge in [0.15, 0.2) is 0 Å². The average molecular weight is 595 g/mol. The SMILES string of the molecule is C=CCOC(=O)[C@@H]1[C@H]2C(=O)N([C@@H](CO)Cc3ccccc3)C(C(=O)N(CC=C)C(C)(C)CC(C)(C)C)C23CC(C)[C@@]1(C)O3. The lowest BCUT2D eigenvalue weighted by atomic mass is 9.62. The highest BCUT2D eigenvalue weighted by Crippen LogP contribution is 2.66. The number of aliphatic hydroxyl groups is 1. The van der Waals surface area contributed by atoms with E-state index >= 15 is 4.79 Å². The number of hydrogen-bond donors (Lipinski definition) is 1. The smallest absolute Gasteiger partial charge is 0.313 e. The van der Waals surface area contributed by atoms with E-state index in [1.54, 1.807) is 15.9 Å². The predicted octanol–water partition coefficient (Wildman–Crippen LogP) is 4.56. The first-order valence-corrected chi connectivity index (χ1v) is 15.4. The topological polar surface area (TPSA) is 96.4 Å². The van der Waals surface area contributed by atoms with Gasteiger partial charge >= 0.3 is 5.97 Å². The molecule has 1 N–H and O–H groups in total. The highest BCUT2D eigenvalue weighted by atomic mass is 16.6. The van der Waals surface area contributed by atoms with Gasteiger partial charge in [0.25, 0.3) is 0 Å². The Kier molecular flexibility index (Phi) is 9.07. The predicted molar refractivity (Wildman–Crippen MR) is 166 cm³/mol. The van der Waals surface area contributed by atoms with Crippen LogP contribution < -0.4 is 0 Å². The Balaban J connectivity index is 1.88. The molecule has 0 radical (unpaired) electrons. The molecule has 0 aromatic heterocycles. The molecule has 7 atom stereocenters. The number of ether oxygens (including phenoxy) is 2. The summed E-state index contributed by atoms with van der Waals surface area (Å²) in [6, 6.07) is 7.87. The summed E-state index contributed by atoms with van der Waals surface area (Å²) in [7, 11) is 0. The van der Waals surface area contributed by atoms with E-state index in [-0.39, 0.29) is 42.9 Å². The molecule has 3 aliphatic rings. The molecule has 3 unspecified atom stereocenters. The second-order valence-corrected chi connectivity index (χ2v) is 14.7. The Bertz CT molecular complexity index is 1240. The minimum absolute atomic E-state index is 0.0150. The summed E-state index contributed by atoms with van der Waals surface area (Å²) in [6.45, 7) is 21.9. The zero-order valence-corrected chi connectivity index (χ0v) is 27.0. The van der Waals surface area contributed by atoms with Crippen LogP contribution in [0.4, 0.5) is 0 Å². The summed E-state index contributed by atoms with van der Waals surface area (Å²) in [5, 5.41) is 10.8. The molecular formula is C35H50N2O6. The maximum Gasteiger partial charge on any atom is 0.313 e. The summed E-state index contributed by atoms with van der Waals surface area (Å²) in [4.78, 5) is 46.7. The van der Waals surface area contributed by atoms with Crippen LogP contribution in [-0.2, 0) is 30.3 Å². The molecular weight excluding hydrogens is 544 g/mol. The third kappa shape index (κ3) is 5.68. The van der Waals surface area contributed by atoms with Crippen LogP contribution in [0, 0.1) is 23.2 Å². The Morgan fingerprint density at radius 3 is 2.40 bits per heavy atom. The van der Waals surface area contributed by atoms with Crippen molar-refractivity contribution in [2.24, 2.45) is 23.2 Å². The Morgan fingerprint density at radius 1 is 1.19 bits per heavy atom. The molecule has 3 fully saturated rings. The normalized spacial score (nSPS) is 30.6. The molecule has 2 amide bonds. The zero-order valence-electron chi connectivity index (χ0n) is 27.0. The first-order valence-electron chi connectivity index (χ1n) is 15.4. The highest BCUT2D eigenvalue weighted by molar-refractivity contribution is 5.99. The first kappa shape index (κ1) is 32.9. The van der Waals surface area contributed by atoms with Gasteiger partial charge in [-0.3, -0.25) is 14.4 Å². The third-order valence-electron chi connectivity index (χ3n) is 9.77. The van der Waals surface area contributed by atoms with Crippen LogP contribution in [0.15, 0.2) is 55.6 Å². The molecule has 8 heteroatoms. The number of likely N-dealkylation sites (tertiary alicyclic amines) is 1. The minimum Gasteiger partial charge on any atom is -0.461 e. The lowest BCUT2D eigenvalue weighted by molar-refractivity contribution is -0.164. The fraction of sp³-hybridized carbons (Fsp3) is 0.629. The van der Waals surface area contributed by atoms with Crippen LogP contribution in [0.1, 0.15) is 66.9 Å². The summed E-state index contributed by atoms with van der Waals surface area (Å²) < 4.78 is 12.4. The number of esters is 1. The standard InChI is InChI=1S/C35H50N2O6/c1-10-17-36(33(7,8)22-32(4,5)6)30(40)28-35-20-23(3)34(9,43-35)27(31(41)42-18-11-2)26(35)29(39)37(28)25(21-38)19-24-15-13-12-14-16-24/h10-16,23,25-28,38H,1-2,17-22H2,3-9H3/t23?,25-,26+,27+,28?,34-,35?/m1/s1. The summed E-state index contributed by atoms with van der Waals surface area (Å²) >= 11 is 0. The van der Waals surface area contributed by atoms with Crippen molar-refractivity contribution in [3.05, 3.63) is 61.2 Å². The molecule has 1 aromatic rings. The number of carbonyl (C=O) groups is 3. The van der Waals surface area contributed by atoms with Crippen molar-refractivity contribution in [2.45, 2.75) is 96.6 Å². The van der Waals surface area contributed by atoms with E-state index in [1.165, 1.54) is 6.08 Å². The highest BCUT2D eigenvalue weighted by Gasteiger charge is 2.81. The molecule has 3 heterocycles. The van der Waals surface area contributed by atoms with Crippen molar-refractivity contribution >= 4 is 17.8 Å². The molecule has 43 heavy (non-hydrogen) atoms. The number of rotatable bonds is 12. The number of hydrogen-bond acceptors (Lipinski definition) is 6. The molecule has 236 valence electrons. The van der Waals surface area contributed by atoms with Gasteiger partial charge in [-0.05, 0) is 56.9 Å². The monoisotopic (exact) mass is 594 g/mol. The third-order valence-corrected chi connectivity index (χ3v) is 9.77. The van der Waals surface area contributed by atoms with Crippen molar-refractivity contribution in [1.29, 1.82) is 0 Å². The average Bonchev–Trinajstić information content (AvgIpc) is 3.44. The van der Waals surface area contributed by atoms with Gasteiger partial charge in [-0.2, -0.15) is 0 Å². The molecule has 3 aliphatic heterocycles. The van der Waals surface area contributed by atoms with E-state index < -0.39 is 46.6 Å². The maximum absolute atomic E-state index is 15.1. The Morgan fingerprint density at radius 2 is 1.84 bits per heavy atom. The van der Waals surface area contributed by atoms with Gasteiger partial charge in [0.1, 0.15) is 24.2 Å². The zero-order chi connectivity index (χ0) is 32.0. The fourth-order valence-corrected chi connectivity index (χ4v) is 8.38. The second-order valence-electron chi connectivity index (χ2n) is 14.7. The van der Waals surface area contributed by atoms with Crippen LogP contribution in [0.3, 0.4) is 0 Å². The summed E-state index contributed by atoms with van der Waals surface area (Å²) in [5.41, 5.74) is -1.97. The molecule has 0 saturated carbocycles. The van der Waals surface area contributed by atoms with Crippen molar-refractivity contribution in [2.75, 3.05) is 19.8 Å². The quantitative estimate of drug-likeness (QED) is 0.282. The van der Waals surface area contributed by atoms with Crippen LogP contribution >= 0.6 is 0 Å². The molecule has 1 aromatic carbocycles. The van der Waals surface area contributed by atoms with Gasteiger partial charge in [-0.15, -0.1) is 6.58 Å². The molecule has 8 nitrogen and oxygen atoms in total. The molecule has 3 saturated heterocycles. The molecule has 1 spiro atoms. The summed E-state index contributed by atoms with van der Waals surface area (Å²) in [6.07, 6.45) is 4.69. The molecule has 0 aliphatic carbocycles. The van der Waals surface area contributed by atoms with E-state index in [0.29, 0.717) is 19.3 Å². The number of benzene rings is 1. The van der Waals surface area contributed by atoms with Crippen LogP contribution in [0.25, 0.3) is 0 Å². The minimum atomic E-state index is -1.25. The van der Waals surface area contributed by atoms with Gasteiger partial charge in [0.05, 0.1) is 24.2 Å². The lowest BCUT2D eigenvalue weighted by Crippen LogP contribution is -2.62. The van der Waals surface area contributed by atoms with E-state index in [0.717, 1.165) is 5.56 Å². The number of aliphatic hydroxyl groups excluding tert-OH is 1. The van der Waals surface area contributed by atoms with E-state index in [9.17, 15) is 14.7 Å². The van der Waals surface area contributed by atoms with Gasteiger partial charge in [0.2, 0.25) is 11.8 Å². The maximum atomic E-state index is 15.1. The Labute approximate surface area is 257 Å². The number of fused-ring (bicyclic) bond motifs is 1. The van der Waals surface area contributed by atoms with Crippen molar-refractivity contribution in [3.63, 3.8) is 0 Å². The number of nitrogens with zero attached hydrogens (tertiary/aromatic N) is 2. The van der Waals surface area contributed by atoms with Gasteiger partial charge < -0.3 is 24.4 Å². The molecule has 4 rings (SSSR count). The summed E-state index contributed by atoms with van der Waals surface area (Å²) in [5.74, 6) is -3.06. The van der Waals surface area contributed by atoms with Crippen molar-refractivity contribution < 1.29 is 29.0 Å². The van der Waals surface area contributed by atoms with E-state index in [2.05, 4.69) is 33.9 Å². The Hall–Kier alpha value is -2.97.